The molecule has 1 aromatic heterocycles. The molecule has 3 heteroatoms. The Morgan fingerprint density at radius 3 is 2.94 bits per heavy atom. The van der Waals surface area contributed by atoms with Gasteiger partial charge in [0.1, 0.15) is 5.52 Å². The lowest BCUT2D eigenvalue weighted by Gasteiger charge is -2.08. The first-order valence-electron chi connectivity index (χ1n) is 5.79. The highest BCUT2D eigenvalue weighted by Gasteiger charge is 2.10. The predicted molar refractivity (Wildman–Crippen MR) is 65.6 cm³/mol. The second kappa shape index (κ2) is 4.66. The van der Waals surface area contributed by atoms with E-state index in [1.807, 2.05) is 12.1 Å². The minimum absolute atomic E-state index is 0.401. The molecule has 0 aliphatic rings. The van der Waals surface area contributed by atoms with Gasteiger partial charge in [-0.05, 0) is 32.0 Å². The van der Waals surface area contributed by atoms with E-state index in [1.54, 1.807) is 0 Å². The molecule has 0 amide bonds. The van der Waals surface area contributed by atoms with Gasteiger partial charge in [0.05, 0.1) is 0 Å². The van der Waals surface area contributed by atoms with Gasteiger partial charge in [-0.3, -0.25) is 0 Å². The van der Waals surface area contributed by atoms with Crippen molar-refractivity contribution in [2.24, 2.45) is 0 Å². The Bertz CT molecular complexity index is 476. The van der Waals surface area contributed by atoms with Crippen molar-refractivity contribution in [1.82, 2.24) is 10.3 Å². The number of oxazole rings is 1. The minimum Gasteiger partial charge on any atom is -0.441 e. The lowest BCUT2D eigenvalue weighted by Crippen LogP contribution is -2.27. The molecule has 0 aliphatic carbocycles. The largest absolute Gasteiger partial charge is 0.441 e. The quantitative estimate of drug-likeness (QED) is 0.857. The fraction of sp³-hybridized carbons (Fsp3) is 0.462. The van der Waals surface area contributed by atoms with Crippen molar-refractivity contribution in [2.75, 3.05) is 6.54 Å². The van der Waals surface area contributed by atoms with Crippen molar-refractivity contribution >= 4 is 11.1 Å². The van der Waals surface area contributed by atoms with Crippen LogP contribution in [0.25, 0.3) is 11.1 Å². The predicted octanol–water partition coefficient (Wildman–Crippen LogP) is 2.68. The number of benzene rings is 1. The van der Waals surface area contributed by atoms with Crippen molar-refractivity contribution in [3.05, 3.63) is 29.7 Å². The maximum absolute atomic E-state index is 5.71. The SMILES string of the molecule is CCNC(C)Cc1nc2c(C)cccc2o1. The Morgan fingerprint density at radius 2 is 2.25 bits per heavy atom. The van der Waals surface area contributed by atoms with Crippen LogP contribution in [0.3, 0.4) is 0 Å². The van der Waals surface area contributed by atoms with Crippen LogP contribution in [0.2, 0.25) is 0 Å². The van der Waals surface area contributed by atoms with Gasteiger partial charge in [-0.1, -0.05) is 19.1 Å². The van der Waals surface area contributed by atoms with Crippen LogP contribution in [-0.4, -0.2) is 17.6 Å². The summed E-state index contributed by atoms with van der Waals surface area (Å²) in [6, 6.07) is 6.43. The highest BCUT2D eigenvalue weighted by molar-refractivity contribution is 5.76. The van der Waals surface area contributed by atoms with Gasteiger partial charge < -0.3 is 9.73 Å². The summed E-state index contributed by atoms with van der Waals surface area (Å²) in [5, 5.41) is 3.35. The number of fused-ring (bicyclic) bond motifs is 1. The van der Waals surface area contributed by atoms with Crippen LogP contribution in [0.5, 0.6) is 0 Å². The molecule has 0 saturated carbocycles. The fourth-order valence-electron chi connectivity index (χ4n) is 1.90. The standard InChI is InChI=1S/C13H18N2O/c1-4-14-10(3)8-12-15-13-9(2)6-5-7-11(13)16-12/h5-7,10,14H,4,8H2,1-3H3. The molecular weight excluding hydrogens is 200 g/mol. The molecule has 0 radical (unpaired) electrons. The van der Waals surface area contributed by atoms with E-state index in [0.29, 0.717) is 6.04 Å². The molecule has 3 nitrogen and oxygen atoms in total. The van der Waals surface area contributed by atoms with Crippen molar-refractivity contribution < 1.29 is 4.42 Å². The third kappa shape index (κ3) is 2.25. The number of rotatable bonds is 4. The number of hydrogen-bond donors (Lipinski definition) is 1. The van der Waals surface area contributed by atoms with Crippen LogP contribution in [0.1, 0.15) is 25.3 Å². The molecule has 16 heavy (non-hydrogen) atoms. The van der Waals surface area contributed by atoms with Gasteiger partial charge in [-0.25, -0.2) is 4.98 Å². The maximum atomic E-state index is 5.71. The zero-order valence-electron chi connectivity index (χ0n) is 10.1. The van der Waals surface area contributed by atoms with Gasteiger partial charge in [-0.2, -0.15) is 0 Å². The first-order chi connectivity index (χ1) is 7.70. The third-order valence-corrected chi connectivity index (χ3v) is 2.70. The average molecular weight is 218 g/mol. The third-order valence-electron chi connectivity index (χ3n) is 2.70. The lowest BCUT2D eigenvalue weighted by atomic mass is 10.2. The molecule has 0 aliphatic heterocycles. The summed E-state index contributed by atoms with van der Waals surface area (Å²) in [5.41, 5.74) is 3.04. The molecule has 1 atom stereocenters. The number of nitrogens with one attached hydrogen (secondary N) is 1. The van der Waals surface area contributed by atoms with E-state index in [4.69, 9.17) is 4.42 Å². The first kappa shape index (κ1) is 11.1. The molecule has 1 N–H and O–H groups in total. The summed E-state index contributed by atoms with van der Waals surface area (Å²) in [6.45, 7) is 7.28. The Morgan fingerprint density at radius 1 is 1.44 bits per heavy atom. The molecule has 0 bridgehead atoms. The fourth-order valence-corrected chi connectivity index (χ4v) is 1.90. The van der Waals surface area contributed by atoms with E-state index in [1.165, 1.54) is 5.56 Å². The van der Waals surface area contributed by atoms with Gasteiger partial charge in [-0.15, -0.1) is 0 Å². The highest BCUT2D eigenvalue weighted by atomic mass is 16.3. The number of aromatic nitrogens is 1. The number of hydrogen-bond acceptors (Lipinski definition) is 3. The van der Waals surface area contributed by atoms with Crippen molar-refractivity contribution in [3.8, 4) is 0 Å². The van der Waals surface area contributed by atoms with Gasteiger partial charge >= 0.3 is 0 Å². The van der Waals surface area contributed by atoms with Gasteiger partial charge in [0, 0.05) is 12.5 Å². The van der Waals surface area contributed by atoms with Gasteiger partial charge in [0.2, 0.25) is 0 Å². The van der Waals surface area contributed by atoms with Gasteiger partial charge in [0.25, 0.3) is 0 Å². The molecule has 1 unspecified atom stereocenters. The number of likely N-dealkylation sites (N-methyl/N-ethyl adjacent to an activating group) is 1. The number of aryl methyl sites for hydroxylation is 1. The lowest BCUT2D eigenvalue weighted by molar-refractivity contribution is 0.469. The first-order valence-corrected chi connectivity index (χ1v) is 5.79. The van der Waals surface area contributed by atoms with Crippen molar-refractivity contribution in [3.63, 3.8) is 0 Å². The zero-order valence-corrected chi connectivity index (χ0v) is 10.1. The maximum Gasteiger partial charge on any atom is 0.197 e. The molecule has 0 saturated heterocycles. The van der Waals surface area contributed by atoms with E-state index in [9.17, 15) is 0 Å². The van der Waals surface area contributed by atoms with Gasteiger partial charge in [0.15, 0.2) is 11.5 Å². The Labute approximate surface area is 95.9 Å². The summed E-state index contributed by atoms with van der Waals surface area (Å²) in [4.78, 5) is 4.53. The van der Waals surface area contributed by atoms with Crippen LogP contribution >= 0.6 is 0 Å². The second-order valence-corrected chi connectivity index (χ2v) is 4.19. The molecule has 1 aromatic carbocycles. The summed E-state index contributed by atoms with van der Waals surface area (Å²) < 4.78 is 5.71. The monoisotopic (exact) mass is 218 g/mol. The van der Waals surface area contributed by atoms with Crippen molar-refractivity contribution in [1.29, 1.82) is 0 Å². The summed E-state index contributed by atoms with van der Waals surface area (Å²) in [5.74, 6) is 0.817. The van der Waals surface area contributed by atoms with Crippen LogP contribution in [-0.2, 0) is 6.42 Å². The summed E-state index contributed by atoms with van der Waals surface area (Å²) in [6.07, 6.45) is 0.835. The molecule has 86 valence electrons. The Kier molecular flexibility index (Phi) is 3.25. The molecule has 0 spiro atoms. The number of nitrogens with zero attached hydrogens (tertiary/aromatic N) is 1. The molecule has 1 heterocycles. The Balaban J connectivity index is 2.23. The molecular formula is C13H18N2O. The van der Waals surface area contributed by atoms with E-state index >= 15 is 0 Å². The summed E-state index contributed by atoms with van der Waals surface area (Å²) >= 11 is 0. The average Bonchev–Trinajstić information content (AvgIpc) is 2.62. The topological polar surface area (TPSA) is 38.1 Å². The molecule has 2 rings (SSSR count). The van der Waals surface area contributed by atoms with E-state index in [2.05, 4.69) is 37.1 Å². The summed E-state index contributed by atoms with van der Waals surface area (Å²) in [7, 11) is 0. The van der Waals surface area contributed by atoms with E-state index in [0.717, 1.165) is 30.0 Å². The zero-order chi connectivity index (χ0) is 11.5. The second-order valence-electron chi connectivity index (χ2n) is 4.19. The highest BCUT2D eigenvalue weighted by Crippen LogP contribution is 2.19. The molecule has 0 fully saturated rings. The van der Waals surface area contributed by atoms with Crippen LogP contribution in [0.15, 0.2) is 22.6 Å². The minimum atomic E-state index is 0.401. The van der Waals surface area contributed by atoms with E-state index < -0.39 is 0 Å². The molecule has 2 aromatic rings. The van der Waals surface area contributed by atoms with Crippen molar-refractivity contribution in [2.45, 2.75) is 33.2 Å². The van der Waals surface area contributed by atoms with Crippen LogP contribution < -0.4 is 5.32 Å². The normalized spacial score (nSPS) is 13.2. The number of para-hydroxylation sites is 1. The smallest absolute Gasteiger partial charge is 0.197 e. The van der Waals surface area contributed by atoms with Crippen LogP contribution in [0.4, 0.5) is 0 Å². The van der Waals surface area contributed by atoms with Crippen LogP contribution in [0, 0.1) is 6.92 Å². The Hall–Kier alpha value is -1.35. The van der Waals surface area contributed by atoms with E-state index in [-0.39, 0.29) is 0 Å².